The van der Waals surface area contributed by atoms with E-state index in [1.54, 1.807) is 32.0 Å². The SMILES string of the molecule is CC(C)(C#N)CNS(=O)(=O)c1ccc2nc(Cl)ccc2c1. The maximum absolute atomic E-state index is 12.2. The van der Waals surface area contributed by atoms with Gasteiger partial charge in [-0.25, -0.2) is 18.1 Å². The fourth-order valence-corrected chi connectivity index (χ4v) is 3.05. The van der Waals surface area contributed by atoms with E-state index in [1.165, 1.54) is 12.1 Å². The van der Waals surface area contributed by atoms with E-state index in [4.69, 9.17) is 16.9 Å². The molecular weight excluding hydrogens is 310 g/mol. The van der Waals surface area contributed by atoms with E-state index in [1.807, 2.05) is 6.07 Å². The minimum atomic E-state index is -3.67. The minimum absolute atomic E-state index is 0.0444. The lowest BCUT2D eigenvalue weighted by atomic mass is 9.97. The van der Waals surface area contributed by atoms with Crippen molar-refractivity contribution < 1.29 is 8.42 Å². The molecule has 0 saturated heterocycles. The van der Waals surface area contributed by atoms with Crippen LogP contribution in [-0.2, 0) is 10.0 Å². The van der Waals surface area contributed by atoms with E-state index in [0.717, 1.165) is 0 Å². The number of nitriles is 1. The van der Waals surface area contributed by atoms with Crippen molar-refractivity contribution in [3.8, 4) is 6.07 Å². The molecule has 0 aliphatic rings. The quantitative estimate of drug-likeness (QED) is 0.877. The zero-order valence-electron chi connectivity index (χ0n) is 11.6. The van der Waals surface area contributed by atoms with Crippen LogP contribution in [0.3, 0.4) is 0 Å². The largest absolute Gasteiger partial charge is 0.240 e. The van der Waals surface area contributed by atoms with Crippen molar-refractivity contribution in [1.82, 2.24) is 9.71 Å². The summed E-state index contributed by atoms with van der Waals surface area (Å²) < 4.78 is 26.9. The van der Waals surface area contributed by atoms with Crippen molar-refractivity contribution in [2.75, 3.05) is 6.54 Å². The summed E-state index contributed by atoms with van der Waals surface area (Å²) in [5.41, 5.74) is -0.141. The molecule has 1 N–H and O–H groups in total. The molecule has 0 spiro atoms. The zero-order chi connectivity index (χ0) is 15.7. The Balaban J connectivity index is 2.33. The minimum Gasteiger partial charge on any atom is -0.236 e. The third-order valence-electron chi connectivity index (χ3n) is 2.94. The van der Waals surface area contributed by atoms with Crippen molar-refractivity contribution in [3.05, 3.63) is 35.5 Å². The maximum atomic E-state index is 12.2. The molecule has 2 aromatic rings. The molecule has 0 unspecified atom stereocenters. The first kappa shape index (κ1) is 15.7. The van der Waals surface area contributed by atoms with E-state index in [9.17, 15) is 8.42 Å². The topological polar surface area (TPSA) is 82.9 Å². The molecule has 7 heteroatoms. The molecule has 1 aromatic heterocycles. The van der Waals surface area contributed by atoms with Gasteiger partial charge in [-0.15, -0.1) is 0 Å². The summed E-state index contributed by atoms with van der Waals surface area (Å²) in [6.45, 7) is 3.38. The number of nitrogens with zero attached hydrogens (tertiary/aromatic N) is 2. The lowest BCUT2D eigenvalue weighted by Crippen LogP contribution is -2.33. The Morgan fingerprint density at radius 1 is 1.33 bits per heavy atom. The second-order valence-corrected chi connectivity index (χ2v) is 7.46. The number of nitrogens with one attached hydrogen (secondary N) is 1. The van der Waals surface area contributed by atoms with Crippen molar-refractivity contribution >= 4 is 32.5 Å². The molecule has 1 aromatic carbocycles. The van der Waals surface area contributed by atoms with Gasteiger partial charge in [0.25, 0.3) is 0 Å². The Morgan fingerprint density at radius 2 is 2.05 bits per heavy atom. The highest BCUT2D eigenvalue weighted by atomic mass is 35.5. The molecule has 21 heavy (non-hydrogen) atoms. The van der Waals surface area contributed by atoms with Gasteiger partial charge in [0.1, 0.15) is 5.15 Å². The highest BCUT2D eigenvalue weighted by molar-refractivity contribution is 7.89. The molecule has 0 amide bonds. The molecule has 0 aliphatic carbocycles. The van der Waals surface area contributed by atoms with Crippen LogP contribution in [0.15, 0.2) is 35.2 Å². The highest BCUT2D eigenvalue weighted by Gasteiger charge is 2.22. The van der Waals surface area contributed by atoms with E-state index in [0.29, 0.717) is 16.1 Å². The second-order valence-electron chi connectivity index (χ2n) is 5.31. The smallest absolute Gasteiger partial charge is 0.236 e. The van der Waals surface area contributed by atoms with Crippen LogP contribution in [0.2, 0.25) is 5.15 Å². The van der Waals surface area contributed by atoms with Gasteiger partial charge in [-0.1, -0.05) is 11.6 Å². The Labute approximate surface area is 128 Å². The summed E-state index contributed by atoms with van der Waals surface area (Å²) in [5.74, 6) is 0. The van der Waals surface area contributed by atoms with E-state index in [2.05, 4.69) is 9.71 Å². The van der Waals surface area contributed by atoms with Crippen molar-refractivity contribution in [2.45, 2.75) is 18.7 Å². The summed E-state index contributed by atoms with van der Waals surface area (Å²) in [5, 5.41) is 9.96. The average molecular weight is 324 g/mol. The molecule has 0 aliphatic heterocycles. The average Bonchev–Trinajstić information content (AvgIpc) is 2.45. The van der Waals surface area contributed by atoms with Gasteiger partial charge >= 0.3 is 0 Å². The van der Waals surface area contributed by atoms with Gasteiger partial charge in [0.15, 0.2) is 0 Å². The van der Waals surface area contributed by atoms with Crippen LogP contribution in [0.4, 0.5) is 0 Å². The lowest BCUT2D eigenvalue weighted by molar-refractivity contribution is 0.479. The third-order valence-corrected chi connectivity index (χ3v) is 4.55. The number of hydrogen-bond acceptors (Lipinski definition) is 4. The number of pyridine rings is 1. The highest BCUT2D eigenvalue weighted by Crippen LogP contribution is 2.20. The first-order valence-electron chi connectivity index (χ1n) is 6.21. The number of fused-ring (bicyclic) bond motifs is 1. The van der Waals surface area contributed by atoms with Crippen LogP contribution in [0.5, 0.6) is 0 Å². The monoisotopic (exact) mass is 323 g/mol. The second kappa shape index (κ2) is 5.60. The predicted molar refractivity (Wildman–Crippen MR) is 81.3 cm³/mol. The van der Waals surface area contributed by atoms with Crippen molar-refractivity contribution in [1.29, 1.82) is 5.26 Å². The van der Waals surface area contributed by atoms with Crippen molar-refractivity contribution in [3.63, 3.8) is 0 Å². The van der Waals surface area contributed by atoms with E-state index in [-0.39, 0.29) is 11.4 Å². The van der Waals surface area contributed by atoms with E-state index >= 15 is 0 Å². The van der Waals surface area contributed by atoms with Crippen LogP contribution in [0.25, 0.3) is 10.9 Å². The Bertz CT molecular complexity index is 826. The van der Waals surface area contributed by atoms with Crippen molar-refractivity contribution in [2.24, 2.45) is 5.41 Å². The molecule has 0 saturated carbocycles. The first-order valence-corrected chi connectivity index (χ1v) is 8.07. The van der Waals surface area contributed by atoms with Crippen LogP contribution < -0.4 is 4.72 Å². The Hall–Kier alpha value is -1.68. The molecule has 0 atom stereocenters. The van der Waals surface area contributed by atoms with Gasteiger partial charge in [-0.2, -0.15) is 5.26 Å². The molecule has 0 fully saturated rings. The number of benzene rings is 1. The molecule has 0 bridgehead atoms. The molecule has 2 rings (SSSR count). The van der Waals surface area contributed by atoms with Crippen LogP contribution in [0.1, 0.15) is 13.8 Å². The van der Waals surface area contributed by atoms with Gasteiger partial charge in [-0.3, -0.25) is 0 Å². The molecule has 0 radical (unpaired) electrons. The fraction of sp³-hybridized carbons (Fsp3) is 0.286. The van der Waals surface area contributed by atoms with Gasteiger partial charge in [0, 0.05) is 11.9 Å². The van der Waals surface area contributed by atoms with Gasteiger partial charge in [0.05, 0.1) is 21.9 Å². The van der Waals surface area contributed by atoms with Gasteiger partial charge in [-0.05, 0) is 44.2 Å². The number of hydrogen-bond donors (Lipinski definition) is 1. The molecule has 5 nitrogen and oxygen atoms in total. The molecule has 1 heterocycles. The van der Waals surface area contributed by atoms with Crippen LogP contribution in [-0.4, -0.2) is 19.9 Å². The lowest BCUT2D eigenvalue weighted by Gasteiger charge is -2.16. The molecular formula is C14H14ClN3O2S. The summed E-state index contributed by atoms with van der Waals surface area (Å²) in [6, 6.07) is 9.96. The number of halogens is 1. The Kier molecular flexibility index (Phi) is 4.19. The Morgan fingerprint density at radius 3 is 2.71 bits per heavy atom. The van der Waals surface area contributed by atoms with Crippen LogP contribution >= 0.6 is 11.6 Å². The summed E-state index contributed by atoms with van der Waals surface area (Å²) >= 11 is 5.79. The maximum Gasteiger partial charge on any atom is 0.240 e. The van der Waals surface area contributed by atoms with Gasteiger partial charge < -0.3 is 0 Å². The van der Waals surface area contributed by atoms with E-state index < -0.39 is 15.4 Å². The fourth-order valence-electron chi connectivity index (χ4n) is 1.64. The summed E-state index contributed by atoms with van der Waals surface area (Å²) in [4.78, 5) is 4.24. The standard InChI is InChI=1S/C14H14ClN3O2S/c1-14(2,8-16)9-17-21(19,20)11-4-5-12-10(7-11)3-6-13(15)18-12/h3-7,17H,9H2,1-2H3. The number of rotatable bonds is 4. The zero-order valence-corrected chi connectivity index (χ0v) is 13.2. The number of aromatic nitrogens is 1. The third kappa shape index (κ3) is 3.70. The normalized spacial score (nSPS) is 12.3. The predicted octanol–water partition coefficient (Wildman–Crippen LogP) is 2.72. The van der Waals surface area contributed by atoms with Crippen LogP contribution in [0, 0.1) is 16.7 Å². The number of sulfonamides is 1. The van der Waals surface area contributed by atoms with Gasteiger partial charge in [0.2, 0.25) is 10.0 Å². The molecule has 110 valence electrons. The first-order chi connectivity index (χ1) is 9.73. The summed E-state index contributed by atoms with van der Waals surface area (Å²) in [7, 11) is -3.67. The summed E-state index contributed by atoms with van der Waals surface area (Å²) in [6.07, 6.45) is 0.